The molecule has 0 saturated carbocycles. The zero-order chi connectivity index (χ0) is 13.9. The number of amides is 2. The summed E-state index contributed by atoms with van der Waals surface area (Å²) in [5.74, 6) is -1.03. The monoisotopic (exact) mass is 260 g/mol. The van der Waals surface area contributed by atoms with E-state index in [2.05, 4.69) is 0 Å². The predicted octanol–water partition coefficient (Wildman–Crippen LogP) is -0.407. The maximum absolute atomic E-state index is 12.1. The Morgan fingerprint density at radius 1 is 1.56 bits per heavy atom. The molecule has 1 aliphatic heterocycles. The van der Waals surface area contributed by atoms with Gasteiger partial charge in [0.25, 0.3) is 0 Å². The molecule has 104 valence electrons. The second kappa shape index (κ2) is 6.01. The van der Waals surface area contributed by atoms with Crippen molar-refractivity contribution in [3.63, 3.8) is 0 Å². The van der Waals surface area contributed by atoms with Gasteiger partial charge in [0.15, 0.2) is 0 Å². The average Bonchev–Trinajstić information content (AvgIpc) is 2.71. The van der Waals surface area contributed by atoms with Crippen LogP contribution in [0.25, 0.3) is 0 Å². The zero-order valence-electron chi connectivity index (χ0n) is 10.9. The van der Waals surface area contributed by atoms with Crippen LogP contribution in [0.2, 0.25) is 0 Å². The Bertz CT molecular complexity index is 321. The summed E-state index contributed by atoms with van der Waals surface area (Å²) in [6, 6.07) is -1.26. The number of urea groups is 1. The number of aliphatic hydroxyl groups excluding tert-OH is 1. The molecular weight excluding hydrogens is 240 g/mol. The van der Waals surface area contributed by atoms with Crippen molar-refractivity contribution in [2.75, 3.05) is 27.2 Å². The first-order chi connectivity index (χ1) is 8.36. The zero-order valence-corrected chi connectivity index (χ0v) is 10.9. The van der Waals surface area contributed by atoms with Gasteiger partial charge < -0.3 is 24.7 Å². The van der Waals surface area contributed by atoms with Gasteiger partial charge in [-0.15, -0.1) is 0 Å². The molecule has 0 bridgehead atoms. The lowest BCUT2D eigenvalue weighted by molar-refractivity contribution is -0.141. The molecular formula is C11H20N2O5. The van der Waals surface area contributed by atoms with Crippen LogP contribution in [0.15, 0.2) is 0 Å². The third-order valence-electron chi connectivity index (χ3n) is 2.99. The van der Waals surface area contributed by atoms with Crippen LogP contribution >= 0.6 is 0 Å². The molecule has 1 rings (SSSR count). The number of hydrogen-bond acceptors (Lipinski definition) is 4. The first kappa shape index (κ1) is 14.7. The standard InChI is InChI=1S/C11H20N2O5/c1-7(14)5-12(2)11(17)13-6-8(18-3)4-9(13)10(15)16/h7-9,14H,4-6H2,1-3H3,(H,15,16). The Kier molecular flexibility index (Phi) is 4.92. The molecule has 0 aliphatic carbocycles. The highest BCUT2D eigenvalue weighted by Crippen LogP contribution is 2.21. The second-order valence-corrected chi connectivity index (χ2v) is 4.61. The van der Waals surface area contributed by atoms with Gasteiger partial charge in [0.2, 0.25) is 0 Å². The van der Waals surface area contributed by atoms with Crippen LogP contribution in [0.1, 0.15) is 13.3 Å². The lowest BCUT2D eigenvalue weighted by Crippen LogP contribution is -2.48. The number of carboxylic acid groups (broad SMARTS) is 1. The molecule has 2 N–H and O–H groups in total. The normalized spacial score (nSPS) is 25.0. The van der Waals surface area contributed by atoms with E-state index in [0.29, 0.717) is 6.42 Å². The van der Waals surface area contributed by atoms with Crippen molar-refractivity contribution in [3.05, 3.63) is 0 Å². The minimum Gasteiger partial charge on any atom is -0.480 e. The van der Waals surface area contributed by atoms with Crippen LogP contribution < -0.4 is 0 Å². The highest BCUT2D eigenvalue weighted by atomic mass is 16.5. The molecule has 0 aromatic heterocycles. The summed E-state index contributed by atoms with van der Waals surface area (Å²) in [7, 11) is 3.03. The first-order valence-corrected chi connectivity index (χ1v) is 5.82. The van der Waals surface area contributed by atoms with E-state index in [1.807, 2.05) is 0 Å². The number of hydrogen-bond donors (Lipinski definition) is 2. The molecule has 3 atom stereocenters. The summed E-state index contributed by atoms with van der Waals surface area (Å²) in [5.41, 5.74) is 0. The maximum Gasteiger partial charge on any atom is 0.326 e. The van der Waals surface area contributed by atoms with E-state index in [1.54, 1.807) is 6.92 Å². The fourth-order valence-corrected chi connectivity index (χ4v) is 2.11. The van der Waals surface area contributed by atoms with Crippen molar-refractivity contribution < 1.29 is 24.5 Å². The number of nitrogens with zero attached hydrogens (tertiary/aromatic N) is 2. The van der Waals surface area contributed by atoms with Gasteiger partial charge in [-0.2, -0.15) is 0 Å². The maximum atomic E-state index is 12.1. The molecule has 7 heteroatoms. The largest absolute Gasteiger partial charge is 0.480 e. The van der Waals surface area contributed by atoms with Crippen molar-refractivity contribution >= 4 is 12.0 Å². The van der Waals surface area contributed by atoms with Crippen LogP contribution in [-0.4, -0.2) is 77.5 Å². The van der Waals surface area contributed by atoms with Crippen molar-refractivity contribution in [3.8, 4) is 0 Å². The highest BCUT2D eigenvalue weighted by molar-refractivity contribution is 5.83. The highest BCUT2D eigenvalue weighted by Gasteiger charge is 2.40. The molecule has 1 heterocycles. The molecule has 0 aromatic carbocycles. The van der Waals surface area contributed by atoms with Gasteiger partial charge in [0.1, 0.15) is 6.04 Å². The third-order valence-corrected chi connectivity index (χ3v) is 2.99. The Balaban J connectivity index is 2.73. The van der Waals surface area contributed by atoms with Crippen LogP contribution in [0.3, 0.4) is 0 Å². The predicted molar refractivity (Wildman–Crippen MR) is 63.3 cm³/mol. The first-order valence-electron chi connectivity index (χ1n) is 5.82. The summed E-state index contributed by atoms with van der Waals surface area (Å²) in [6.07, 6.45) is -0.613. The van der Waals surface area contributed by atoms with Crippen LogP contribution in [0.5, 0.6) is 0 Å². The molecule has 2 amide bonds. The van der Waals surface area contributed by atoms with Crippen molar-refractivity contribution in [2.45, 2.75) is 31.6 Å². The summed E-state index contributed by atoms with van der Waals surface area (Å²) in [6.45, 7) is 2.00. The van der Waals surface area contributed by atoms with E-state index in [1.165, 1.54) is 24.0 Å². The number of aliphatic hydroxyl groups is 1. The van der Waals surface area contributed by atoms with E-state index in [0.717, 1.165) is 0 Å². The number of likely N-dealkylation sites (tertiary alicyclic amines) is 1. The van der Waals surface area contributed by atoms with E-state index in [-0.39, 0.29) is 19.2 Å². The Morgan fingerprint density at radius 3 is 2.61 bits per heavy atom. The molecule has 0 radical (unpaired) electrons. The van der Waals surface area contributed by atoms with E-state index in [4.69, 9.17) is 9.84 Å². The number of ether oxygens (including phenoxy) is 1. The van der Waals surface area contributed by atoms with Crippen LogP contribution in [-0.2, 0) is 9.53 Å². The molecule has 3 unspecified atom stereocenters. The minimum atomic E-state index is -1.03. The number of aliphatic carboxylic acids is 1. The van der Waals surface area contributed by atoms with Gasteiger partial charge in [-0.1, -0.05) is 0 Å². The van der Waals surface area contributed by atoms with Gasteiger partial charge in [-0.3, -0.25) is 0 Å². The Morgan fingerprint density at radius 2 is 2.17 bits per heavy atom. The number of rotatable bonds is 4. The summed E-state index contributed by atoms with van der Waals surface area (Å²) in [4.78, 5) is 25.8. The molecule has 18 heavy (non-hydrogen) atoms. The van der Waals surface area contributed by atoms with E-state index >= 15 is 0 Å². The minimum absolute atomic E-state index is 0.166. The molecule has 1 saturated heterocycles. The summed E-state index contributed by atoms with van der Waals surface area (Å²) >= 11 is 0. The SMILES string of the molecule is COC1CC(C(=O)O)N(C(=O)N(C)CC(C)O)C1. The lowest BCUT2D eigenvalue weighted by Gasteiger charge is -2.28. The number of carbonyl (C=O) groups excluding carboxylic acids is 1. The molecule has 0 aromatic rings. The summed E-state index contributed by atoms with van der Waals surface area (Å²) in [5, 5.41) is 18.3. The Labute approximate surface area is 106 Å². The average molecular weight is 260 g/mol. The molecule has 7 nitrogen and oxygen atoms in total. The third kappa shape index (κ3) is 3.33. The van der Waals surface area contributed by atoms with Gasteiger partial charge in [-0.05, 0) is 6.92 Å². The van der Waals surface area contributed by atoms with Gasteiger partial charge in [-0.25, -0.2) is 9.59 Å². The van der Waals surface area contributed by atoms with Gasteiger partial charge in [0, 0.05) is 33.7 Å². The molecule has 1 fully saturated rings. The van der Waals surface area contributed by atoms with Crippen molar-refractivity contribution in [1.82, 2.24) is 9.80 Å². The summed E-state index contributed by atoms with van der Waals surface area (Å²) < 4.78 is 5.11. The second-order valence-electron chi connectivity index (χ2n) is 4.61. The van der Waals surface area contributed by atoms with Crippen molar-refractivity contribution in [2.24, 2.45) is 0 Å². The van der Waals surface area contributed by atoms with E-state index in [9.17, 15) is 14.7 Å². The van der Waals surface area contributed by atoms with E-state index < -0.39 is 24.1 Å². The number of likely N-dealkylation sites (N-methyl/N-ethyl adjacent to an activating group) is 1. The number of carboxylic acids is 1. The van der Waals surface area contributed by atoms with Crippen molar-refractivity contribution in [1.29, 1.82) is 0 Å². The molecule has 0 spiro atoms. The smallest absolute Gasteiger partial charge is 0.326 e. The fourth-order valence-electron chi connectivity index (χ4n) is 2.11. The van der Waals surface area contributed by atoms with Gasteiger partial charge >= 0.3 is 12.0 Å². The number of carbonyl (C=O) groups is 2. The van der Waals surface area contributed by atoms with Gasteiger partial charge in [0.05, 0.1) is 12.2 Å². The lowest BCUT2D eigenvalue weighted by atomic mass is 10.2. The Hall–Kier alpha value is -1.34. The van der Waals surface area contributed by atoms with Crippen LogP contribution in [0.4, 0.5) is 4.79 Å². The fraction of sp³-hybridized carbons (Fsp3) is 0.818. The quantitative estimate of drug-likeness (QED) is 0.717. The number of methoxy groups -OCH3 is 1. The molecule has 1 aliphatic rings. The topological polar surface area (TPSA) is 90.3 Å². The van der Waals surface area contributed by atoms with Crippen LogP contribution in [0, 0.1) is 0 Å².